The summed E-state index contributed by atoms with van der Waals surface area (Å²) in [5, 5.41) is 0. The zero-order chi connectivity index (χ0) is 15.3. The molecule has 3 aliphatic heterocycles. The summed E-state index contributed by atoms with van der Waals surface area (Å²) in [5.41, 5.74) is 1.12. The Morgan fingerprint density at radius 1 is 0.913 bits per heavy atom. The summed E-state index contributed by atoms with van der Waals surface area (Å²) in [7, 11) is 0. The number of rotatable bonds is 0. The first-order valence-corrected chi connectivity index (χ1v) is 8.98. The molecule has 2 saturated heterocycles. The lowest BCUT2D eigenvalue weighted by atomic mass is 9.66. The van der Waals surface area contributed by atoms with Crippen LogP contribution in [0.4, 0.5) is 0 Å². The van der Waals surface area contributed by atoms with E-state index >= 15 is 0 Å². The van der Waals surface area contributed by atoms with Crippen LogP contribution in [-0.2, 0) is 14.2 Å². The first kappa shape index (κ1) is 14.3. The molecule has 0 radical (unpaired) electrons. The highest BCUT2D eigenvalue weighted by atomic mass is 16.7. The van der Waals surface area contributed by atoms with Crippen LogP contribution >= 0.6 is 0 Å². The Labute approximate surface area is 137 Å². The third-order valence-electron chi connectivity index (χ3n) is 6.21. The predicted octanol–water partition coefficient (Wildman–Crippen LogP) is 3.60. The van der Waals surface area contributed by atoms with Gasteiger partial charge in [0.15, 0.2) is 5.79 Å². The number of hydrogen-bond acceptors (Lipinski definition) is 4. The Balaban J connectivity index is 1.48. The molecule has 5 rings (SSSR count). The summed E-state index contributed by atoms with van der Waals surface area (Å²) in [5.74, 6) is 1.13. The summed E-state index contributed by atoms with van der Waals surface area (Å²) in [6, 6.07) is 8.41. The maximum Gasteiger partial charge on any atom is 0.168 e. The first-order chi connectivity index (χ1) is 11.3. The van der Waals surface area contributed by atoms with Gasteiger partial charge >= 0.3 is 0 Å². The van der Waals surface area contributed by atoms with Gasteiger partial charge in [0.2, 0.25) is 0 Å². The lowest BCUT2D eigenvalue weighted by Crippen LogP contribution is -2.56. The molecule has 4 aliphatic rings. The van der Waals surface area contributed by atoms with Gasteiger partial charge in [-0.1, -0.05) is 18.2 Å². The number of hydrogen-bond donors (Lipinski definition) is 0. The van der Waals surface area contributed by atoms with Crippen LogP contribution in [-0.4, -0.2) is 31.2 Å². The molecule has 4 nitrogen and oxygen atoms in total. The second-order valence-electron chi connectivity index (χ2n) is 7.35. The van der Waals surface area contributed by atoms with Gasteiger partial charge in [-0.3, -0.25) is 0 Å². The van der Waals surface area contributed by atoms with Gasteiger partial charge in [0, 0.05) is 30.9 Å². The van der Waals surface area contributed by atoms with E-state index in [1.165, 1.54) is 12.0 Å². The van der Waals surface area contributed by atoms with Crippen molar-refractivity contribution in [2.75, 3.05) is 19.8 Å². The molecule has 0 amide bonds. The minimum absolute atomic E-state index is 0.111. The van der Waals surface area contributed by atoms with Crippen LogP contribution in [0, 0.1) is 5.92 Å². The molecule has 1 aromatic rings. The van der Waals surface area contributed by atoms with Gasteiger partial charge < -0.3 is 18.9 Å². The molecule has 2 atom stereocenters. The molecule has 3 heterocycles. The van der Waals surface area contributed by atoms with Crippen molar-refractivity contribution in [3.63, 3.8) is 0 Å². The molecule has 23 heavy (non-hydrogen) atoms. The Bertz CT molecular complexity index is 583. The Hall–Kier alpha value is -1.10. The van der Waals surface area contributed by atoms with Gasteiger partial charge in [-0.15, -0.1) is 0 Å². The average Bonchev–Trinajstić information content (AvgIpc) is 3.07. The normalized spacial score (nSPS) is 33.9. The lowest BCUT2D eigenvalue weighted by Gasteiger charge is -2.53. The van der Waals surface area contributed by atoms with Gasteiger partial charge in [-0.25, -0.2) is 0 Å². The Kier molecular flexibility index (Phi) is 3.22. The van der Waals surface area contributed by atoms with E-state index in [2.05, 4.69) is 24.3 Å². The zero-order valence-corrected chi connectivity index (χ0v) is 13.5. The number of para-hydroxylation sites is 1. The third-order valence-corrected chi connectivity index (χ3v) is 6.21. The van der Waals surface area contributed by atoms with E-state index in [9.17, 15) is 0 Å². The van der Waals surface area contributed by atoms with E-state index in [1.54, 1.807) is 0 Å². The van der Waals surface area contributed by atoms with Crippen molar-refractivity contribution in [1.29, 1.82) is 0 Å². The first-order valence-electron chi connectivity index (χ1n) is 8.98. The van der Waals surface area contributed by atoms with Gasteiger partial charge in [0.25, 0.3) is 0 Å². The SMILES string of the molecule is c1ccc2c(c1)OC1(CCC3(CC1)OCCO3)[C@H]1CCCO[C@H]21. The van der Waals surface area contributed by atoms with Gasteiger partial charge in [-0.2, -0.15) is 0 Å². The smallest absolute Gasteiger partial charge is 0.168 e. The van der Waals surface area contributed by atoms with E-state index in [0.717, 1.165) is 57.7 Å². The molecular weight excluding hydrogens is 292 g/mol. The van der Waals surface area contributed by atoms with Crippen LogP contribution < -0.4 is 4.74 Å². The monoisotopic (exact) mass is 316 g/mol. The quantitative estimate of drug-likeness (QED) is 0.733. The van der Waals surface area contributed by atoms with E-state index in [4.69, 9.17) is 18.9 Å². The van der Waals surface area contributed by atoms with Crippen LogP contribution in [0.2, 0.25) is 0 Å². The number of fused-ring (bicyclic) bond motifs is 4. The van der Waals surface area contributed by atoms with E-state index in [0.29, 0.717) is 5.92 Å². The van der Waals surface area contributed by atoms with E-state index in [1.807, 2.05) is 0 Å². The highest BCUT2D eigenvalue weighted by Gasteiger charge is 2.56. The van der Waals surface area contributed by atoms with Crippen LogP contribution in [0.5, 0.6) is 5.75 Å². The highest BCUT2D eigenvalue weighted by molar-refractivity contribution is 5.39. The largest absolute Gasteiger partial charge is 0.486 e. The van der Waals surface area contributed by atoms with Crippen molar-refractivity contribution >= 4 is 0 Å². The molecule has 0 N–H and O–H groups in total. The van der Waals surface area contributed by atoms with Crippen LogP contribution in [0.3, 0.4) is 0 Å². The van der Waals surface area contributed by atoms with Gasteiger partial charge in [-0.05, 0) is 31.7 Å². The second kappa shape index (κ2) is 5.20. The summed E-state index contributed by atoms with van der Waals surface area (Å²) in [6.07, 6.45) is 6.35. The minimum atomic E-state index is -0.337. The van der Waals surface area contributed by atoms with Gasteiger partial charge in [0.1, 0.15) is 11.4 Å². The molecule has 4 heteroatoms. The van der Waals surface area contributed by atoms with Crippen molar-refractivity contribution in [2.45, 2.75) is 56.0 Å². The lowest BCUT2D eigenvalue weighted by molar-refractivity contribution is -0.222. The molecule has 1 aromatic carbocycles. The second-order valence-corrected chi connectivity index (χ2v) is 7.35. The van der Waals surface area contributed by atoms with Crippen molar-refractivity contribution in [3.8, 4) is 5.75 Å². The van der Waals surface area contributed by atoms with Crippen molar-refractivity contribution in [2.24, 2.45) is 5.92 Å². The summed E-state index contributed by atoms with van der Waals surface area (Å²) >= 11 is 0. The van der Waals surface area contributed by atoms with Gasteiger partial charge in [0.05, 0.1) is 19.3 Å². The van der Waals surface area contributed by atoms with Crippen LogP contribution in [0.15, 0.2) is 24.3 Å². The third kappa shape index (κ3) is 2.15. The van der Waals surface area contributed by atoms with E-state index in [-0.39, 0.29) is 17.5 Å². The fourth-order valence-electron chi connectivity index (χ4n) is 5.04. The average molecular weight is 316 g/mol. The highest BCUT2D eigenvalue weighted by Crippen LogP contribution is 2.56. The van der Waals surface area contributed by atoms with Crippen molar-refractivity contribution in [1.82, 2.24) is 0 Å². The fourth-order valence-corrected chi connectivity index (χ4v) is 5.04. The standard InChI is InChI=1S/C19H24O4/c1-2-6-16-14(4-1)17-15(5-3-11-20-17)18(23-16)7-9-19(10-8-18)21-12-13-22-19/h1-2,4,6,15,17H,3,5,7-13H2/t15-,17+/m0/s1. The van der Waals surface area contributed by atoms with Crippen molar-refractivity contribution in [3.05, 3.63) is 29.8 Å². The molecule has 2 spiro atoms. The molecular formula is C19H24O4. The Morgan fingerprint density at radius 2 is 1.70 bits per heavy atom. The van der Waals surface area contributed by atoms with Crippen molar-refractivity contribution < 1.29 is 18.9 Å². The molecule has 3 fully saturated rings. The molecule has 1 aliphatic carbocycles. The molecule has 0 unspecified atom stereocenters. The molecule has 0 bridgehead atoms. The fraction of sp³-hybridized carbons (Fsp3) is 0.684. The van der Waals surface area contributed by atoms with Crippen LogP contribution in [0.25, 0.3) is 0 Å². The zero-order valence-electron chi connectivity index (χ0n) is 13.5. The summed E-state index contributed by atoms with van der Waals surface area (Å²) < 4.78 is 24.7. The topological polar surface area (TPSA) is 36.9 Å². The maximum atomic E-state index is 6.64. The predicted molar refractivity (Wildman–Crippen MR) is 84.3 cm³/mol. The number of ether oxygens (including phenoxy) is 4. The Morgan fingerprint density at radius 3 is 2.52 bits per heavy atom. The molecule has 124 valence electrons. The van der Waals surface area contributed by atoms with Crippen LogP contribution in [0.1, 0.15) is 50.2 Å². The van der Waals surface area contributed by atoms with E-state index < -0.39 is 0 Å². The summed E-state index contributed by atoms with van der Waals surface area (Å²) in [6.45, 7) is 2.32. The minimum Gasteiger partial charge on any atom is -0.486 e. The maximum absolute atomic E-state index is 6.64. The summed E-state index contributed by atoms with van der Waals surface area (Å²) in [4.78, 5) is 0. The number of benzene rings is 1. The molecule has 0 aromatic heterocycles. The molecule has 1 saturated carbocycles.